The summed E-state index contributed by atoms with van der Waals surface area (Å²) in [6.45, 7) is 7.00. The van der Waals surface area contributed by atoms with Crippen LogP contribution in [-0.2, 0) is 19.9 Å². The minimum absolute atomic E-state index is 0.00886. The first-order valence-electron chi connectivity index (χ1n) is 13.6. The summed E-state index contributed by atoms with van der Waals surface area (Å²) in [4.78, 5) is 43.6. The molecule has 36 heavy (non-hydrogen) atoms. The monoisotopic (exact) mass is 497 g/mol. The van der Waals surface area contributed by atoms with Gasteiger partial charge in [0.05, 0.1) is 5.56 Å². The average molecular weight is 498 g/mol. The van der Waals surface area contributed by atoms with Gasteiger partial charge in [0.2, 0.25) is 11.8 Å². The molecule has 3 aliphatic heterocycles. The highest BCUT2D eigenvalue weighted by Crippen LogP contribution is 2.49. The Morgan fingerprint density at radius 3 is 2.44 bits per heavy atom. The van der Waals surface area contributed by atoms with E-state index in [1.807, 2.05) is 35.0 Å². The molecule has 2 saturated heterocycles. The van der Waals surface area contributed by atoms with E-state index >= 15 is 0 Å². The molecule has 0 unspecified atom stereocenters. The predicted octanol–water partition coefficient (Wildman–Crippen LogP) is 3.19. The maximum absolute atomic E-state index is 13.1. The van der Waals surface area contributed by atoms with Crippen LogP contribution in [0.15, 0.2) is 18.2 Å². The fourth-order valence-corrected chi connectivity index (χ4v) is 6.35. The maximum Gasteiger partial charge on any atom is 0.339 e. The molecule has 0 bridgehead atoms. The summed E-state index contributed by atoms with van der Waals surface area (Å²) in [6, 6.07) is 5.72. The molecule has 4 aliphatic rings. The van der Waals surface area contributed by atoms with Crippen molar-refractivity contribution in [2.24, 2.45) is 5.92 Å². The first-order valence-corrected chi connectivity index (χ1v) is 13.6. The second-order valence-electron chi connectivity index (χ2n) is 11.0. The number of likely N-dealkylation sites (N-methyl/N-ethyl adjacent to an activating group) is 1. The van der Waals surface area contributed by atoms with Gasteiger partial charge in [-0.15, -0.1) is 0 Å². The minimum atomic E-state index is -0.622. The van der Waals surface area contributed by atoms with Crippen LogP contribution in [0.1, 0.15) is 74.2 Å². The molecule has 1 saturated carbocycles. The van der Waals surface area contributed by atoms with Crippen molar-refractivity contribution in [1.29, 1.82) is 0 Å². The molecule has 196 valence electrons. The Kier molecular flexibility index (Phi) is 7.24. The molecular formula is C28H39N3O5. The van der Waals surface area contributed by atoms with Crippen molar-refractivity contribution < 1.29 is 23.9 Å². The normalized spacial score (nSPS) is 26.7. The lowest BCUT2D eigenvalue weighted by atomic mass is 9.74. The van der Waals surface area contributed by atoms with Crippen molar-refractivity contribution in [3.63, 3.8) is 0 Å². The predicted molar refractivity (Wildman–Crippen MR) is 135 cm³/mol. The van der Waals surface area contributed by atoms with Crippen LogP contribution < -0.4 is 4.74 Å². The number of fused-ring (bicyclic) bond motifs is 2. The van der Waals surface area contributed by atoms with E-state index in [9.17, 15) is 14.4 Å². The first kappa shape index (κ1) is 25.1. The molecule has 0 N–H and O–H groups in total. The number of carbonyl (C=O) groups excluding carboxylic acids is 3. The van der Waals surface area contributed by atoms with Crippen molar-refractivity contribution in [3.05, 3.63) is 29.3 Å². The van der Waals surface area contributed by atoms with Gasteiger partial charge >= 0.3 is 5.97 Å². The number of likely N-dealkylation sites (tertiary alicyclic amines) is 2. The molecule has 3 fully saturated rings. The standard InChI is InChI=1S/C28H39N3O5/c1-20(32)31-15-9-22(10-16-31)35-23-5-6-25-24(19-23)27(34)36-28(25)11-7-21(8-12-28)26(33)29(2)17-18-30-13-3-4-14-30/h5-6,19,21-22H,3-4,7-18H2,1-2H3/t21-,28-. The van der Waals surface area contributed by atoms with Crippen LogP contribution in [-0.4, -0.2) is 84.9 Å². The summed E-state index contributed by atoms with van der Waals surface area (Å²) in [6.07, 6.45) is 6.93. The quantitative estimate of drug-likeness (QED) is 0.562. The van der Waals surface area contributed by atoms with E-state index < -0.39 is 5.60 Å². The van der Waals surface area contributed by atoms with E-state index in [2.05, 4.69) is 4.90 Å². The molecule has 1 aliphatic carbocycles. The van der Waals surface area contributed by atoms with Gasteiger partial charge in [-0.25, -0.2) is 4.79 Å². The zero-order chi connectivity index (χ0) is 25.3. The average Bonchev–Trinajstić information content (AvgIpc) is 3.49. The van der Waals surface area contributed by atoms with Crippen molar-refractivity contribution >= 4 is 17.8 Å². The summed E-state index contributed by atoms with van der Waals surface area (Å²) in [7, 11) is 1.92. The highest BCUT2D eigenvalue weighted by Gasteiger charge is 2.48. The summed E-state index contributed by atoms with van der Waals surface area (Å²) in [5.74, 6) is 0.685. The molecule has 3 heterocycles. The topological polar surface area (TPSA) is 79.4 Å². The van der Waals surface area contributed by atoms with Gasteiger partial charge in [-0.05, 0) is 63.7 Å². The Balaban J connectivity index is 1.17. The number of amides is 2. The fraction of sp³-hybridized carbons (Fsp3) is 0.679. The Morgan fingerprint density at radius 1 is 1.08 bits per heavy atom. The number of nitrogens with zero attached hydrogens (tertiary/aromatic N) is 3. The summed E-state index contributed by atoms with van der Waals surface area (Å²) in [5.41, 5.74) is 0.892. The smallest absolute Gasteiger partial charge is 0.339 e. The SMILES string of the molecule is CC(=O)N1CCC(Oc2ccc3c(c2)C(=O)O[C@]32CC[C@H](C(=O)N(C)CCN3CCCC3)CC2)CC1. The van der Waals surface area contributed by atoms with Crippen LogP contribution in [0.25, 0.3) is 0 Å². The molecule has 1 aromatic carbocycles. The summed E-state index contributed by atoms with van der Waals surface area (Å²) in [5, 5.41) is 0. The number of hydrogen-bond donors (Lipinski definition) is 0. The van der Waals surface area contributed by atoms with Gasteiger partial charge < -0.3 is 24.2 Å². The van der Waals surface area contributed by atoms with E-state index in [4.69, 9.17) is 9.47 Å². The van der Waals surface area contributed by atoms with Gasteiger partial charge in [-0.3, -0.25) is 9.59 Å². The van der Waals surface area contributed by atoms with Gasteiger partial charge in [0, 0.05) is 64.5 Å². The van der Waals surface area contributed by atoms with Crippen LogP contribution in [0, 0.1) is 5.92 Å². The molecule has 5 rings (SSSR count). The van der Waals surface area contributed by atoms with Crippen molar-refractivity contribution in [2.75, 3.05) is 46.3 Å². The number of ether oxygens (including phenoxy) is 2. The number of carbonyl (C=O) groups is 3. The van der Waals surface area contributed by atoms with Crippen LogP contribution in [0.5, 0.6) is 5.75 Å². The number of piperidine rings is 1. The molecule has 2 amide bonds. The van der Waals surface area contributed by atoms with Crippen molar-refractivity contribution in [1.82, 2.24) is 14.7 Å². The van der Waals surface area contributed by atoms with E-state index in [0.29, 0.717) is 37.2 Å². The van der Waals surface area contributed by atoms with Crippen LogP contribution >= 0.6 is 0 Å². The highest BCUT2D eigenvalue weighted by molar-refractivity contribution is 5.95. The number of benzene rings is 1. The van der Waals surface area contributed by atoms with Gasteiger partial charge in [-0.2, -0.15) is 0 Å². The molecular weight excluding hydrogens is 458 g/mol. The molecule has 8 nitrogen and oxygen atoms in total. The van der Waals surface area contributed by atoms with Crippen LogP contribution in [0.3, 0.4) is 0 Å². The zero-order valence-corrected chi connectivity index (χ0v) is 21.7. The zero-order valence-electron chi connectivity index (χ0n) is 21.7. The third kappa shape index (κ3) is 5.10. The van der Waals surface area contributed by atoms with E-state index in [1.54, 1.807) is 6.92 Å². The number of esters is 1. The van der Waals surface area contributed by atoms with Crippen LogP contribution in [0.2, 0.25) is 0 Å². The van der Waals surface area contributed by atoms with E-state index in [1.165, 1.54) is 12.8 Å². The van der Waals surface area contributed by atoms with Gasteiger partial charge in [-0.1, -0.05) is 6.07 Å². The molecule has 1 aromatic rings. The van der Waals surface area contributed by atoms with Crippen molar-refractivity contribution in [2.45, 2.75) is 70.0 Å². The Morgan fingerprint density at radius 2 is 1.78 bits per heavy atom. The Bertz CT molecular complexity index is 989. The fourth-order valence-electron chi connectivity index (χ4n) is 6.35. The second kappa shape index (κ2) is 10.4. The molecule has 8 heteroatoms. The van der Waals surface area contributed by atoms with Gasteiger partial charge in [0.1, 0.15) is 17.5 Å². The lowest BCUT2D eigenvalue weighted by Gasteiger charge is -2.37. The lowest BCUT2D eigenvalue weighted by molar-refractivity contribution is -0.137. The summed E-state index contributed by atoms with van der Waals surface area (Å²) >= 11 is 0. The van der Waals surface area contributed by atoms with Crippen molar-refractivity contribution in [3.8, 4) is 5.75 Å². The molecule has 0 aromatic heterocycles. The van der Waals surface area contributed by atoms with Gasteiger partial charge in [0.25, 0.3) is 0 Å². The molecule has 0 atom stereocenters. The largest absolute Gasteiger partial charge is 0.490 e. The second-order valence-corrected chi connectivity index (χ2v) is 11.0. The van der Waals surface area contributed by atoms with E-state index in [0.717, 1.165) is 57.4 Å². The minimum Gasteiger partial charge on any atom is -0.490 e. The highest BCUT2D eigenvalue weighted by atomic mass is 16.6. The third-order valence-corrected chi connectivity index (χ3v) is 8.65. The maximum atomic E-state index is 13.1. The van der Waals surface area contributed by atoms with Crippen LogP contribution in [0.4, 0.5) is 0 Å². The van der Waals surface area contributed by atoms with E-state index in [-0.39, 0.29) is 29.8 Å². The first-order chi connectivity index (χ1) is 17.3. The molecule has 1 spiro atoms. The molecule has 0 radical (unpaired) electrons. The summed E-state index contributed by atoms with van der Waals surface area (Å²) < 4.78 is 12.1. The number of rotatable bonds is 6. The Hall–Kier alpha value is -2.61. The number of hydrogen-bond acceptors (Lipinski definition) is 6. The van der Waals surface area contributed by atoms with Gasteiger partial charge in [0.15, 0.2) is 0 Å². The third-order valence-electron chi connectivity index (χ3n) is 8.65. The lowest BCUT2D eigenvalue weighted by Crippen LogP contribution is -2.41. The Labute approximate surface area is 213 Å².